The van der Waals surface area contributed by atoms with Gasteiger partial charge in [-0.25, -0.2) is 8.42 Å². The van der Waals surface area contributed by atoms with Crippen LogP contribution in [0.2, 0.25) is 5.02 Å². The normalized spacial score (nSPS) is 19.4. The second-order valence-corrected chi connectivity index (χ2v) is 9.49. The minimum atomic E-state index is -4.12. The summed E-state index contributed by atoms with van der Waals surface area (Å²) >= 11 is 5.89. The Bertz CT molecular complexity index is 1040. The molecule has 0 unspecified atom stereocenters. The summed E-state index contributed by atoms with van der Waals surface area (Å²) in [4.78, 5) is 26.1. The predicted octanol–water partition coefficient (Wildman–Crippen LogP) is 3.40. The molecule has 2 atom stereocenters. The van der Waals surface area contributed by atoms with Crippen molar-refractivity contribution in [2.75, 3.05) is 20.3 Å². The topological polar surface area (TPSA) is 96.0 Å². The van der Waals surface area contributed by atoms with E-state index in [9.17, 15) is 18.0 Å². The monoisotopic (exact) mass is 466 g/mol. The van der Waals surface area contributed by atoms with E-state index in [-0.39, 0.29) is 18.1 Å². The Morgan fingerprint density at radius 1 is 0.935 bits per heavy atom. The molecule has 9 heteroatoms. The van der Waals surface area contributed by atoms with E-state index in [1.807, 2.05) is 0 Å². The van der Waals surface area contributed by atoms with Gasteiger partial charge in [-0.15, -0.1) is 0 Å². The second-order valence-electron chi connectivity index (χ2n) is 6.98. The lowest BCUT2D eigenvalue weighted by atomic mass is 9.99. The van der Waals surface area contributed by atoms with Gasteiger partial charge in [0.25, 0.3) is 0 Å². The Morgan fingerprint density at radius 3 is 1.90 bits per heavy atom. The first-order valence-corrected chi connectivity index (χ1v) is 11.6. The highest BCUT2D eigenvalue weighted by atomic mass is 35.5. The molecule has 0 spiro atoms. The van der Waals surface area contributed by atoms with Gasteiger partial charge >= 0.3 is 11.9 Å². The Morgan fingerprint density at radius 2 is 1.45 bits per heavy atom. The molecule has 2 aromatic carbocycles. The molecule has 0 heterocycles. The number of esters is 2. The first kappa shape index (κ1) is 23.1. The number of carbonyl (C=O) groups excluding carboxylic acids is 2. The summed E-state index contributed by atoms with van der Waals surface area (Å²) in [6, 6.07) is 12.1. The summed E-state index contributed by atoms with van der Waals surface area (Å²) in [7, 11) is -2.62. The van der Waals surface area contributed by atoms with Crippen LogP contribution in [-0.2, 0) is 28.9 Å². The molecule has 31 heavy (non-hydrogen) atoms. The maximum absolute atomic E-state index is 13.6. The van der Waals surface area contributed by atoms with E-state index < -0.39 is 38.4 Å². The Balaban J connectivity index is 2.18. The van der Waals surface area contributed by atoms with Gasteiger partial charge in [0.05, 0.1) is 25.2 Å². The van der Waals surface area contributed by atoms with Crippen molar-refractivity contribution in [2.24, 2.45) is 5.41 Å². The van der Waals surface area contributed by atoms with Crippen molar-refractivity contribution in [2.45, 2.75) is 29.9 Å². The van der Waals surface area contributed by atoms with Crippen LogP contribution in [0.5, 0.6) is 5.75 Å². The second kappa shape index (κ2) is 8.88. The van der Waals surface area contributed by atoms with E-state index >= 15 is 0 Å². The Kier molecular flexibility index (Phi) is 6.62. The zero-order chi connectivity index (χ0) is 22.8. The van der Waals surface area contributed by atoms with Gasteiger partial charge in [-0.3, -0.25) is 9.59 Å². The lowest BCUT2D eigenvalue weighted by Crippen LogP contribution is -2.35. The smallest absolute Gasteiger partial charge is 0.325 e. The molecule has 0 amide bonds. The van der Waals surface area contributed by atoms with Crippen molar-refractivity contribution in [1.82, 2.24) is 0 Å². The van der Waals surface area contributed by atoms with Crippen molar-refractivity contribution in [3.63, 3.8) is 0 Å². The van der Waals surface area contributed by atoms with Crippen LogP contribution < -0.4 is 4.74 Å². The zero-order valence-electron chi connectivity index (χ0n) is 17.3. The van der Waals surface area contributed by atoms with Crippen LogP contribution in [-0.4, -0.2) is 45.9 Å². The number of methoxy groups -OCH3 is 1. The molecule has 0 radical (unpaired) electrons. The summed E-state index contributed by atoms with van der Waals surface area (Å²) in [5, 5.41) is -1.02. The molecule has 7 nitrogen and oxygen atoms in total. The quantitative estimate of drug-likeness (QED) is 0.434. The molecule has 0 aromatic heterocycles. The van der Waals surface area contributed by atoms with Crippen LogP contribution >= 0.6 is 11.6 Å². The maximum Gasteiger partial charge on any atom is 0.325 e. The number of sulfone groups is 1. The largest absolute Gasteiger partial charge is 0.497 e. The molecular formula is C22H23ClO7S. The molecule has 1 aliphatic carbocycles. The molecule has 166 valence electrons. The van der Waals surface area contributed by atoms with Crippen LogP contribution in [0.1, 0.15) is 25.3 Å². The lowest BCUT2D eigenvalue weighted by Gasteiger charge is -2.15. The number of halogens is 1. The van der Waals surface area contributed by atoms with E-state index in [1.54, 1.807) is 38.1 Å². The van der Waals surface area contributed by atoms with E-state index in [0.29, 0.717) is 16.3 Å². The van der Waals surface area contributed by atoms with E-state index in [4.69, 9.17) is 25.8 Å². The number of rotatable bonds is 8. The number of hydrogen-bond acceptors (Lipinski definition) is 7. The highest BCUT2D eigenvalue weighted by molar-refractivity contribution is 7.92. The van der Waals surface area contributed by atoms with E-state index in [0.717, 1.165) is 0 Å². The molecule has 2 aromatic rings. The summed E-state index contributed by atoms with van der Waals surface area (Å²) in [6.45, 7) is 3.15. The van der Waals surface area contributed by atoms with E-state index in [2.05, 4.69) is 0 Å². The third kappa shape index (κ3) is 3.90. The maximum atomic E-state index is 13.6. The number of ether oxygens (including phenoxy) is 3. The van der Waals surface area contributed by atoms with Gasteiger partial charge in [0, 0.05) is 10.9 Å². The summed E-state index contributed by atoms with van der Waals surface area (Å²) in [6.07, 6.45) is 0. The fraction of sp³-hybridized carbons (Fsp3) is 0.364. The molecular weight excluding hydrogens is 444 g/mol. The van der Waals surface area contributed by atoms with Crippen LogP contribution in [0.4, 0.5) is 0 Å². The molecule has 1 aliphatic rings. The minimum Gasteiger partial charge on any atom is -0.497 e. The molecule has 0 bridgehead atoms. The predicted molar refractivity (Wildman–Crippen MR) is 114 cm³/mol. The summed E-state index contributed by atoms with van der Waals surface area (Å²) < 4.78 is 42.6. The van der Waals surface area contributed by atoms with Gasteiger partial charge in [-0.2, -0.15) is 0 Å². The van der Waals surface area contributed by atoms with Crippen LogP contribution in [0, 0.1) is 5.41 Å². The van der Waals surface area contributed by atoms with Crippen molar-refractivity contribution < 1.29 is 32.2 Å². The molecule has 1 fully saturated rings. The van der Waals surface area contributed by atoms with Crippen molar-refractivity contribution in [1.29, 1.82) is 0 Å². The fourth-order valence-corrected chi connectivity index (χ4v) is 6.29. The molecule has 3 rings (SSSR count). The van der Waals surface area contributed by atoms with Gasteiger partial charge in [0.1, 0.15) is 11.0 Å². The van der Waals surface area contributed by atoms with Gasteiger partial charge in [0.2, 0.25) is 0 Å². The van der Waals surface area contributed by atoms with Gasteiger partial charge in [-0.05, 0) is 55.8 Å². The van der Waals surface area contributed by atoms with Crippen molar-refractivity contribution in [3.05, 3.63) is 59.1 Å². The molecule has 0 N–H and O–H groups in total. The average molecular weight is 467 g/mol. The highest BCUT2D eigenvalue weighted by Gasteiger charge is 2.81. The zero-order valence-corrected chi connectivity index (χ0v) is 18.9. The van der Waals surface area contributed by atoms with Crippen molar-refractivity contribution in [3.8, 4) is 5.75 Å². The highest BCUT2D eigenvalue weighted by Crippen LogP contribution is 2.65. The molecule has 0 saturated heterocycles. The molecule has 0 aliphatic heterocycles. The SMILES string of the molecule is CCOC(=O)C1(C(=O)OCC)[C@H](c2ccc(OC)cc2)[C@@H]1S(=O)(=O)c1ccc(Cl)cc1. The number of benzene rings is 2. The summed E-state index contributed by atoms with van der Waals surface area (Å²) in [5.41, 5.74) is -1.51. The first-order valence-electron chi connectivity index (χ1n) is 9.72. The van der Waals surface area contributed by atoms with E-state index in [1.165, 1.54) is 31.4 Å². The number of hydrogen-bond donors (Lipinski definition) is 0. The fourth-order valence-electron chi connectivity index (χ4n) is 3.87. The van der Waals surface area contributed by atoms with Gasteiger partial charge in [0.15, 0.2) is 15.3 Å². The Hall–Kier alpha value is -2.58. The summed E-state index contributed by atoms with van der Waals surface area (Å²) in [5.74, 6) is -2.26. The lowest BCUT2D eigenvalue weighted by molar-refractivity contribution is -0.164. The van der Waals surface area contributed by atoms with Crippen LogP contribution in [0.3, 0.4) is 0 Å². The third-order valence-corrected chi connectivity index (χ3v) is 7.80. The van der Waals surface area contributed by atoms with Gasteiger partial charge < -0.3 is 14.2 Å². The van der Waals surface area contributed by atoms with Gasteiger partial charge in [-0.1, -0.05) is 23.7 Å². The van der Waals surface area contributed by atoms with Crippen LogP contribution in [0.15, 0.2) is 53.4 Å². The average Bonchev–Trinajstić information content (AvgIpc) is 3.47. The number of carbonyl (C=O) groups is 2. The first-order chi connectivity index (χ1) is 14.7. The molecule has 1 saturated carbocycles. The standard InChI is InChI=1S/C22H23ClO7S/c1-4-29-20(24)22(21(25)30-5-2)18(14-6-10-16(28-3)11-7-14)19(22)31(26,27)17-12-8-15(23)9-13-17/h6-13,18-19H,4-5H2,1-3H3/t18-,19+/m1/s1. The van der Waals surface area contributed by atoms with Crippen LogP contribution in [0.25, 0.3) is 0 Å². The Labute approximate surface area is 186 Å². The van der Waals surface area contributed by atoms with Crippen molar-refractivity contribution >= 4 is 33.4 Å². The third-order valence-electron chi connectivity index (χ3n) is 5.31. The minimum absolute atomic E-state index is 0.0109.